The number of anilines is 2. The average molecular weight is 352 g/mol. The molecule has 26 heavy (non-hydrogen) atoms. The van der Waals surface area contributed by atoms with Gasteiger partial charge in [-0.2, -0.15) is 0 Å². The number of hydrogen-bond acceptors (Lipinski definition) is 4. The SMILES string of the molecule is CNC(=O)c1cccc(NC(=O)CN2CCN(c3ccccc3)CC2)c1. The van der Waals surface area contributed by atoms with Gasteiger partial charge in [-0.3, -0.25) is 14.5 Å². The minimum Gasteiger partial charge on any atom is -0.369 e. The summed E-state index contributed by atoms with van der Waals surface area (Å²) < 4.78 is 0. The summed E-state index contributed by atoms with van der Waals surface area (Å²) >= 11 is 0. The largest absolute Gasteiger partial charge is 0.369 e. The maximum absolute atomic E-state index is 12.3. The topological polar surface area (TPSA) is 64.7 Å². The van der Waals surface area contributed by atoms with Crippen molar-refractivity contribution < 1.29 is 9.59 Å². The Kier molecular flexibility index (Phi) is 5.86. The standard InChI is InChI=1S/C20H24N4O2/c1-21-20(26)16-6-5-7-17(14-16)22-19(25)15-23-10-12-24(13-11-23)18-8-3-2-4-9-18/h2-9,14H,10-13,15H2,1H3,(H,21,26)(H,22,25). The summed E-state index contributed by atoms with van der Waals surface area (Å²) in [6, 6.07) is 17.3. The van der Waals surface area contributed by atoms with Crippen LogP contribution in [0.15, 0.2) is 54.6 Å². The first-order valence-corrected chi connectivity index (χ1v) is 8.80. The number of carbonyl (C=O) groups excluding carboxylic acids is 2. The Bertz CT molecular complexity index is 755. The summed E-state index contributed by atoms with van der Waals surface area (Å²) in [5, 5.41) is 5.46. The second-order valence-corrected chi connectivity index (χ2v) is 6.31. The maximum atomic E-state index is 12.3. The third-order valence-corrected chi connectivity index (χ3v) is 4.50. The normalized spacial score (nSPS) is 14.7. The highest BCUT2D eigenvalue weighted by atomic mass is 16.2. The third kappa shape index (κ3) is 4.61. The fraction of sp³-hybridized carbons (Fsp3) is 0.300. The Morgan fingerprint density at radius 2 is 1.69 bits per heavy atom. The molecule has 0 aliphatic carbocycles. The van der Waals surface area contributed by atoms with Crippen LogP contribution in [0.2, 0.25) is 0 Å². The summed E-state index contributed by atoms with van der Waals surface area (Å²) in [5.74, 6) is -0.231. The molecule has 0 bridgehead atoms. The molecule has 0 spiro atoms. The highest BCUT2D eigenvalue weighted by molar-refractivity contribution is 5.97. The van der Waals surface area contributed by atoms with Crippen LogP contribution in [-0.2, 0) is 4.79 Å². The van der Waals surface area contributed by atoms with Gasteiger partial charge in [0.2, 0.25) is 5.91 Å². The first-order chi connectivity index (χ1) is 12.7. The lowest BCUT2D eigenvalue weighted by Crippen LogP contribution is -2.48. The van der Waals surface area contributed by atoms with Crippen molar-refractivity contribution in [2.24, 2.45) is 0 Å². The van der Waals surface area contributed by atoms with Crippen molar-refractivity contribution in [3.63, 3.8) is 0 Å². The van der Waals surface area contributed by atoms with Gasteiger partial charge in [0.05, 0.1) is 6.54 Å². The van der Waals surface area contributed by atoms with E-state index in [9.17, 15) is 9.59 Å². The molecule has 1 saturated heterocycles. The van der Waals surface area contributed by atoms with E-state index >= 15 is 0 Å². The van der Waals surface area contributed by atoms with Crippen molar-refractivity contribution in [3.05, 3.63) is 60.2 Å². The first-order valence-electron chi connectivity index (χ1n) is 8.80. The van der Waals surface area contributed by atoms with E-state index in [4.69, 9.17) is 0 Å². The van der Waals surface area contributed by atoms with Crippen molar-refractivity contribution in [1.82, 2.24) is 10.2 Å². The van der Waals surface area contributed by atoms with Crippen LogP contribution in [0.1, 0.15) is 10.4 Å². The monoisotopic (exact) mass is 352 g/mol. The van der Waals surface area contributed by atoms with Gasteiger partial charge in [-0.25, -0.2) is 0 Å². The molecule has 0 saturated carbocycles. The van der Waals surface area contributed by atoms with E-state index in [0.717, 1.165) is 26.2 Å². The number of nitrogens with one attached hydrogen (secondary N) is 2. The summed E-state index contributed by atoms with van der Waals surface area (Å²) in [7, 11) is 1.59. The van der Waals surface area contributed by atoms with E-state index in [2.05, 4.69) is 32.6 Å². The molecule has 2 N–H and O–H groups in total. The fourth-order valence-corrected chi connectivity index (χ4v) is 3.09. The summed E-state index contributed by atoms with van der Waals surface area (Å²) in [5.41, 5.74) is 2.39. The van der Waals surface area contributed by atoms with Gasteiger partial charge < -0.3 is 15.5 Å². The summed E-state index contributed by atoms with van der Waals surface area (Å²) in [6.07, 6.45) is 0. The van der Waals surface area contributed by atoms with Crippen LogP contribution in [0.5, 0.6) is 0 Å². The van der Waals surface area contributed by atoms with Gasteiger partial charge in [0.1, 0.15) is 0 Å². The zero-order valence-electron chi connectivity index (χ0n) is 14.9. The molecule has 136 valence electrons. The van der Waals surface area contributed by atoms with Crippen LogP contribution < -0.4 is 15.5 Å². The van der Waals surface area contributed by atoms with Crippen LogP contribution >= 0.6 is 0 Å². The van der Waals surface area contributed by atoms with Crippen molar-refractivity contribution >= 4 is 23.2 Å². The molecule has 0 atom stereocenters. The molecule has 1 fully saturated rings. The van der Waals surface area contributed by atoms with Gasteiger partial charge in [-0.05, 0) is 30.3 Å². The second-order valence-electron chi connectivity index (χ2n) is 6.31. The predicted molar refractivity (Wildman–Crippen MR) is 104 cm³/mol. The Labute approximate surface area is 153 Å². The zero-order chi connectivity index (χ0) is 18.4. The van der Waals surface area contributed by atoms with E-state index in [1.165, 1.54) is 5.69 Å². The average Bonchev–Trinajstić information content (AvgIpc) is 2.68. The van der Waals surface area contributed by atoms with Gasteiger partial charge in [0, 0.05) is 50.2 Å². The number of benzene rings is 2. The molecule has 2 amide bonds. The Balaban J connectivity index is 1.50. The van der Waals surface area contributed by atoms with Gasteiger partial charge in [0.15, 0.2) is 0 Å². The van der Waals surface area contributed by atoms with Crippen molar-refractivity contribution in [1.29, 1.82) is 0 Å². The van der Waals surface area contributed by atoms with E-state index < -0.39 is 0 Å². The smallest absolute Gasteiger partial charge is 0.251 e. The Morgan fingerprint density at radius 3 is 2.38 bits per heavy atom. The lowest BCUT2D eigenvalue weighted by atomic mass is 10.2. The molecule has 2 aromatic rings. The number of amides is 2. The second kappa shape index (κ2) is 8.49. The molecule has 6 heteroatoms. The molecular formula is C20H24N4O2. The van der Waals surface area contributed by atoms with E-state index in [1.54, 1.807) is 31.3 Å². The van der Waals surface area contributed by atoms with Gasteiger partial charge in [0.25, 0.3) is 5.91 Å². The van der Waals surface area contributed by atoms with Crippen molar-refractivity contribution in [2.75, 3.05) is 50.0 Å². The number of hydrogen-bond donors (Lipinski definition) is 2. The number of nitrogens with zero attached hydrogens (tertiary/aromatic N) is 2. The number of para-hydroxylation sites is 1. The fourth-order valence-electron chi connectivity index (χ4n) is 3.09. The molecule has 1 aliphatic rings. The number of rotatable bonds is 5. The Morgan fingerprint density at radius 1 is 0.962 bits per heavy atom. The van der Waals surface area contributed by atoms with Gasteiger partial charge >= 0.3 is 0 Å². The maximum Gasteiger partial charge on any atom is 0.251 e. The quantitative estimate of drug-likeness (QED) is 0.861. The van der Waals surface area contributed by atoms with Crippen LogP contribution in [0, 0.1) is 0 Å². The van der Waals surface area contributed by atoms with Gasteiger partial charge in [-0.1, -0.05) is 24.3 Å². The van der Waals surface area contributed by atoms with Crippen LogP contribution in [-0.4, -0.2) is 56.5 Å². The molecule has 6 nitrogen and oxygen atoms in total. The highest BCUT2D eigenvalue weighted by Crippen LogP contribution is 2.16. The zero-order valence-corrected chi connectivity index (χ0v) is 14.9. The van der Waals surface area contributed by atoms with Crippen LogP contribution in [0.4, 0.5) is 11.4 Å². The van der Waals surface area contributed by atoms with Crippen LogP contribution in [0.3, 0.4) is 0 Å². The summed E-state index contributed by atoms with van der Waals surface area (Å²) in [4.78, 5) is 28.5. The predicted octanol–water partition coefficient (Wildman–Crippen LogP) is 1.81. The minimum absolute atomic E-state index is 0.0628. The van der Waals surface area contributed by atoms with Crippen LogP contribution in [0.25, 0.3) is 0 Å². The van der Waals surface area contributed by atoms with E-state index in [-0.39, 0.29) is 11.8 Å². The first kappa shape index (κ1) is 17.9. The molecule has 2 aromatic carbocycles. The highest BCUT2D eigenvalue weighted by Gasteiger charge is 2.19. The molecule has 1 heterocycles. The molecule has 0 aromatic heterocycles. The van der Waals surface area contributed by atoms with E-state index in [1.807, 2.05) is 18.2 Å². The Hall–Kier alpha value is -2.86. The lowest BCUT2D eigenvalue weighted by molar-refractivity contribution is -0.117. The van der Waals surface area contributed by atoms with E-state index in [0.29, 0.717) is 17.8 Å². The molecular weight excluding hydrogens is 328 g/mol. The molecule has 0 unspecified atom stereocenters. The summed E-state index contributed by atoms with van der Waals surface area (Å²) in [6.45, 7) is 3.86. The minimum atomic E-state index is -0.168. The molecule has 1 aliphatic heterocycles. The van der Waals surface area contributed by atoms with Crippen molar-refractivity contribution in [2.45, 2.75) is 0 Å². The third-order valence-electron chi connectivity index (χ3n) is 4.50. The molecule has 0 radical (unpaired) electrons. The van der Waals surface area contributed by atoms with Gasteiger partial charge in [-0.15, -0.1) is 0 Å². The van der Waals surface area contributed by atoms with Crippen molar-refractivity contribution in [3.8, 4) is 0 Å². The number of carbonyl (C=O) groups is 2. The molecule has 3 rings (SSSR count). The number of piperazine rings is 1. The lowest BCUT2D eigenvalue weighted by Gasteiger charge is -2.35.